The lowest BCUT2D eigenvalue weighted by molar-refractivity contribution is -0.137. The Hall–Kier alpha value is -0.570. The SMILES string of the molecule is CCCC(CCC)N(CCC(=O)O)C1CC1. The van der Waals surface area contributed by atoms with Crippen LogP contribution in [0.25, 0.3) is 0 Å². The number of aliphatic carboxylic acids is 1. The second-order valence-corrected chi connectivity index (χ2v) is 4.84. The first-order valence-corrected chi connectivity index (χ1v) is 6.66. The highest BCUT2D eigenvalue weighted by molar-refractivity contribution is 5.66. The van der Waals surface area contributed by atoms with Crippen molar-refractivity contribution in [2.45, 2.75) is 70.9 Å². The first kappa shape index (κ1) is 13.5. The van der Waals surface area contributed by atoms with Gasteiger partial charge in [-0.05, 0) is 25.7 Å². The van der Waals surface area contributed by atoms with E-state index in [-0.39, 0.29) is 0 Å². The molecule has 0 saturated heterocycles. The van der Waals surface area contributed by atoms with Crippen molar-refractivity contribution in [3.8, 4) is 0 Å². The van der Waals surface area contributed by atoms with Crippen LogP contribution in [0.1, 0.15) is 58.8 Å². The predicted octanol–water partition coefficient (Wildman–Crippen LogP) is 2.89. The molecule has 0 bridgehead atoms. The Morgan fingerprint density at radius 3 is 2.25 bits per heavy atom. The Kier molecular flexibility index (Phi) is 5.81. The zero-order valence-corrected chi connectivity index (χ0v) is 10.6. The number of carboxylic acid groups (broad SMARTS) is 1. The maximum Gasteiger partial charge on any atom is 0.304 e. The average Bonchev–Trinajstić information content (AvgIpc) is 3.02. The molecule has 1 aliphatic carbocycles. The van der Waals surface area contributed by atoms with Gasteiger partial charge in [0.05, 0.1) is 6.42 Å². The molecule has 0 amide bonds. The zero-order chi connectivity index (χ0) is 12.0. The molecule has 1 saturated carbocycles. The number of hydrogen-bond acceptors (Lipinski definition) is 2. The fourth-order valence-corrected chi connectivity index (χ4v) is 2.44. The third kappa shape index (κ3) is 4.52. The molecule has 0 unspecified atom stereocenters. The lowest BCUT2D eigenvalue weighted by Gasteiger charge is -2.31. The Morgan fingerprint density at radius 2 is 1.88 bits per heavy atom. The van der Waals surface area contributed by atoms with Crippen LogP contribution in [0.15, 0.2) is 0 Å². The fraction of sp³-hybridized carbons (Fsp3) is 0.923. The molecular weight excluding hydrogens is 202 g/mol. The van der Waals surface area contributed by atoms with E-state index in [2.05, 4.69) is 18.7 Å². The van der Waals surface area contributed by atoms with Crippen molar-refractivity contribution >= 4 is 5.97 Å². The molecule has 0 aromatic heterocycles. The van der Waals surface area contributed by atoms with Crippen LogP contribution in [0.3, 0.4) is 0 Å². The topological polar surface area (TPSA) is 40.5 Å². The Morgan fingerprint density at radius 1 is 1.31 bits per heavy atom. The van der Waals surface area contributed by atoms with E-state index >= 15 is 0 Å². The summed E-state index contributed by atoms with van der Waals surface area (Å²) >= 11 is 0. The van der Waals surface area contributed by atoms with Gasteiger partial charge in [-0.3, -0.25) is 9.69 Å². The van der Waals surface area contributed by atoms with Crippen molar-refractivity contribution in [1.29, 1.82) is 0 Å². The molecule has 0 heterocycles. The zero-order valence-electron chi connectivity index (χ0n) is 10.6. The van der Waals surface area contributed by atoms with Crippen molar-refractivity contribution in [1.82, 2.24) is 4.90 Å². The molecule has 1 N–H and O–H groups in total. The first-order chi connectivity index (χ1) is 7.69. The minimum Gasteiger partial charge on any atom is -0.481 e. The largest absolute Gasteiger partial charge is 0.481 e. The Labute approximate surface area is 98.8 Å². The van der Waals surface area contributed by atoms with E-state index in [9.17, 15) is 4.79 Å². The molecule has 3 nitrogen and oxygen atoms in total. The summed E-state index contributed by atoms with van der Waals surface area (Å²) in [5, 5.41) is 8.78. The summed E-state index contributed by atoms with van der Waals surface area (Å²) in [6.45, 7) is 5.17. The van der Waals surface area contributed by atoms with Crippen LogP contribution < -0.4 is 0 Å². The van der Waals surface area contributed by atoms with E-state index in [1.54, 1.807) is 0 Å². The highest BCUT2D eigenvalue weighted by atomic mass is 16.4. The molecule has 3 heteroatoms. The number of hydrogen-bond donors (Lipinski definition) is 1. The molecule has 0 radical (unpaired) electrons. The number of rotatable bonds is 9. The first-order valence-electron chi connectivity index (χ1n) is 6.66. The minimum absolute atomic E-state index is 0.292. The van der Waals surface area contributed by atoms with Crippen LogP contribution in [0.5, 0.6) is 0 Å². The van der Waals surface area contributed by atoms with Crippen molar-refractivity contribution in [2.75, 3.05) is 6.54 Å². The summed E-state index contributed by atoms with van der Waals surface area (Å²) in [7, 11) is 0. The van der Waals surface area contributed by atoms with Crippen LogP contribution in [-0.4, -0.2) is 34.6 Å². The van der Waals surface area contributed by atoms with E-state index in [0.717, 1.165) is 6.54 Å². The summed E-state index contributed by atoms with van der Waals surface area (Å²) in [4.78, 5) is 13.1. The highest BCUT2D eigenvalue weighted by Crippen LogP contribution is 2.31. The van der Waals surface area contributed by atoms with Gasteiger partial charge in [-0.15, -0.1) is 0 Å². The van der Waals surface area contributed by atoms with Gasteiger partial charge in [0.1, 0.15) is 0 Å². The summed E-state index contributed by atoms with van der Waals surface area (Å²) in [5.41, 5.74) is 0. The van der Waals surface area contributed by atoms with Gasteiger partial charge in [-0.1, -0.05) is 26.7 Å². The molecule has 1 aliphatic rings. The maximum absolute atomic E-state index is 10.7. The molecule has 94 valence electrons. The molecular formula is C13H25NO2. The number of carboxylic acids is 1. The van der Waals surface area contributed by atoms with Crippen LogP contribution >= 0.6 is 0 Å². The molecule has 16 heavy (non-hydrogen) atoms. The van der Waals surface area contributed by atoms with Gasteiger partial charge < -0.3 is 5.11 Å². The number of nitrogens with zero attached hydrogens (tertiary/aromatic N) is 1. The van der Waals surface area contributed by atoms with E-state index < -0.39 is 5.97 Å². The highest BCUT2D eigenvalue weighted by Gasteiger charge is 2.33. The smallest absolute Gasteiger partial charge is 0.304 e. The van der Waals surface area contributed by atoms with Gasteiger partial charge in [0.25, 0.3) is 0 Å². The van der Waals surface area contributed by atoms with Gasteiger partial charge in [0.2, 0.25) is 0 Å². The molecule has 1 fully saturated rings. The summed E-state index contributed by atoms with van der Waals surface area (Å²) in [6.07, 6.45) is 7.64. The van der Waals surface area contributed by atoms with Gasteiger partial charge >= 0.3 is 5.97 Å². The minimum atomic E-state index is -0.669. The lowest BCUT2D eigenvalue weighted by Crippen LogP contribution is -2.38. The summed E-state index contributed by atoms with van der Waals surface area (Å²) in [6, 6.07) is 1.30. The van der Waals surface area contributed by atoms with Crippen LogP contribution in [0.2, 0.25) is 0 Å². The van der Waals surface area contributed by atoms with Gasteiger partial charge in [-0.2, -0.15) is 0 Å². The van der Waals surface area contributed by atoms with Crippen molar-refractivity contribution in [3.05, 3.63) is 0 Å². The standard InChI is InChI=1S/C13H25NO2/c1-3-5-11(6-4-2)14(12-7-8-12)10-9-13(15)16/h11-12H,3-10H2,1-2H3,(H,15,16). The van der Waals surface area contributed by atoms with Gasteiger partial charge in [0.15, 0.2) is 0 Å². The van der Waals surface area contributed by atoms with Gasteiger partial charge in [-0.25, -0.2) is 0 Å². The van der Waals surface area contributed by atoms with E-state index in [0.29, 0.717) is 18.5 Å². The molecule has 0 aliphatic heterocycles. The van der Waals surface area contributed by atoms with Crippen LogP contribution in [0, 0.1) is 0 Å². The van der Waals surface area contributed by atoms with E-state index in [1.165, 1.54) is 38.5 Å². The molecule has 0 spiro atoms. The number of carbonyl (C=O) groups is 1. The van der Waals surface area contributed by atoms with Crippen molar-refractivity contribution in [3.63, 3.8) is 0 Å². The van der Waals surface area contributed by atoms with E-state index in [1.807, 2.05) is 0 Å². The van der Waals surface area contributed by atoms with Crippen molar-refractivity contribution < 1.29 is 9.90 Å². The molecule has 0 aromatic carbocycles. The second-order valence-electron chi connectivity index (χ2n) is 4.84. The predicted molar refractivity (Wildman–Crippen MR) is 65.6 cm³/mol. The van der Waals surface area contributed by atoms with Crippen LogP contribution in [0.4, 0.5) is 0 Å². The maximum atomic E-state index is 10.7. The third-order valence-corrected chi connectivity index (χ3v) is 3.31. The summed E-state index contributed by atoms with van der Waals surface area (Å²) in [5.74, 6) is -0.669. The summed E-state index contributed by atoms with van der Waals surface area (Å²) < 4.78 is 0. The van der Waals surface area contributed by atoms with E-state index in [4.69, 9.17) is 5.11 Å². The Balaban J connectivity index is 2.46. The molecule has 0 atom stereocenters. The van der Waals surface area contributed by atoms with Crippen molar-refractivity contribution in [2.24, 2.45) is 0 Å². The third-order valence-electron chi connectivity index (χ3n) is 3.31. The molecule has 0 aromatic rings. The lowest BCUT2D eigenvalue weighted by atomic mass is 10.0. The monoisotopic (exact) mass is 227 g/mol. The second kappa shape index (κ2) is 6.89. The van der Waals surface area contributed by atoms with Crippen LogP contribution in [-0.2, 0) is 4.79 Å². The fourth-order valence-electron chi connectivity index (χ4n) is 2.44. The van der Waals surface area contributed by atoms with Gasteiger partial charge in [0, 0.05) is 18.6 Å². The normalized spacial score (nSPS) is 16.0. The Bertz CT molecular complexity index is 208. The molecule has 1 rings (SSSR count). The quantitative estimate of drug-likeness (QED) is 0.658. The average molecular weight is 227 g/mol.